The summed E-state index contributed by atoms with van der Waals surface area (Å²) in [6.45, 7) is 2.77. The number of aryl methyl sites for hydroxylation is 1. The molecule has 1 saturated heterocycles. The summed E-state index contributed by atoms with van der Waals surface area (Å²) in [7, 11) is 0. The lowest BCUT2D eigenvalue weighted by atomic mass is 10.2. The van der Waals surface area contributed by atoms with Crippen LogP contribution in [0.15, 0.2) is 48.5 Å². The number of likely N-dealkylation sites (tertiary alicyclic amines) is 1. The Balaban J connectivity index is 1.30. The van der Waals surface area contributed by atoms with Crippen molar-refractivity contribution in [3.05, 3.63) is 59.1 Å². The van der Waals surface area contributed by atoms with Gasteiger partial charge in [-0.3, -0.25) is 9.59 Å². The number of amides is 2. The Morgan fingerprint density at radius 2 is 1.97 bits per heavy atom. The van der Waals surface area contributed by atoms with E-state index < -0.39 is 0 Å². The summed E-state index contributed by atoms with van der Waals surface area (Å²) in [5.41, 5.74) is 2.92. The van der Waals surface area contributed by atoms with Crippen LogP contribution in [0.2, 0.25) is 0 Å². The minimum Gasteiger partial charge on any atom is -0.333 e. The van der Waals surface area contributed by atoms with E-state index in [1.165, 1.54) is 11.8 Å². The van der Waals surface area contributed by atoms with Crippen molar-refractivity contribution in [1.82, 2.24) is 9.88 Å². The van der Waals surface area contributed by atoms with E-state index in [4.69, 9.17) is 4.98 Å². The van der Waals surface area contributed by atoms with Crippen molar-refractivity contribution in [2.75, 3.05) is 23.4 Å². The molecule has 2 aromatic carbocycles. The molecule has 1 fully saturated rings. The Morgan fingerprint density at radius 3 is 2.76 bits per heavy atom. The first-order valence-corrected chi connectivity index (χ1v) is 11.7. The van der Waals surface area contributed by atoms with Crippen LogP contribution in [-0.2, 0) is 9.59 Å². The van der Waals surface area contributed by atoms with Gasteiger partial charge in [0.05, 0.1) is 27.8 Å². The zero-order valence-electron chi connectivity index (χ0n) is 16.3. The zero-order chi connectivity index (χ0) is 20.2. The van der Waals surface area contributed by atoms with Gasteiger partial charge in [-0.15, -0.1) is 23.1 Å². The first-order chi connectivity index (χ1) is 14.1. The van der Waals surface area contributed by atoms with Crippen molar-refractivity contribution in [1.29, 1.82) is 0 Å². The molecule has 1 atom stereocenters. The van der Waals surface area contributed by atoms with Gasteiger partial charge in [0.25, 0.3) is 0 Å². The van der Waals surface area contributed by atoms with E-state index in [-0.39, 0.29) is 23.6 Å². The van der Waals surface area contributed by atoms with Gasteiger partial charge in [-0.05, 0) is 44.0 Å². The van der Waals surface area contributed by atoms with E-state index in [1.807, 2.05) is 54.3 Å². The molecule has 1 aliphatic heterocycles. The minimum absolute atomic E-state index is 0.0573. The summed E-state index contributed by atoms with van der Waals surface area (Å²) < 4.78 is 1.16. The van der Waals surface area contributed by atoms with Crippen LogP contribution in [0.4, 0.5) is 5.69 Å². The Hall–Kier alpha value is -2.38. The summed E-state index contributed by atoms with van der Waals surface area (Å²) in [4.78, 5) is 31.6. The Bertz CT molecular complexity index is 983. The van der Waals surface area contributed by atoms with Crippen molar-refractivity contribution in [3.8, 4) is 0 Å². The molecular weight excluding hydrogens is 402 g/mol. The molecule has 2 heterocycles. The summed E-state index contributed by atoms with van der Waals surface area (Å²) in [5.74, 6) is 0.567. The fourth-order valence-electron chi connectivity index (χ4n) is 3.50. The lowest BCUT2D eigenvalue weighted by Crippen LogP contribution is -2.32. The molecule has 0 aliphatic carbocycles. The molecule has 1 unspecified atom stereocenters. The van der Waals surface area contributed by atoms with Gasteiger partial charge in [-0.25, -0.2) is 4.98 Å². The third-order valence-electron chi connectivity index (χ3n) is 4.96. The quantitative estimate of drug-likeness (QED) is 0.625. The summed E-state index contributed by atoms with van der Waals surface area (Å²) >= 11 is 3.03. The number of nitrogens with one attached hydrogen (secondary N) is 1. The molecular formula is C22H23N3O2S2. The van der Waals surface area contributed by atoms with E-state index in [0.29, 0.717) is 5.75 Å². The molecule has 1 aromatic heterocycles. The van der Waals surface area contributed by atoms with Gasteiger partial charge in [0.15, 0.2) is 0 Å². The average molecular weight is 426 g/mol. The normalized spacial score (nSPS) is 16.3. The number of fused-ring (bicyclic) bond motifs is 1. The molecule has 0 spiro atoms. The molecule has 5 nitrogen and oxygen atoms in total. The average Bonchev–Trinajstić information content (AvgIpc) is 3.36. The van der Waals surface area contributed by atoms with Crippen LogP contribution in [0.5, 0.6) is 0 Å². The van der Waals surface area contributed by atoms with Crippen LogP contribution in [0.1, 0.15) is 29.5 Å². The third kappa shape index (κ3) is 4.79. The molecule has 1 N–H and O–H groups in total. The maximum atomic E-state index is 12.8. The first-order valence-electron chi connectivity index (χ1n) is 9.69. The topological polar surface area (TPSA) is 62.3 Å². The largest absolute Gasteiger partial charge is 0.333 e. The fraction of sp³-hybridized carbons (Fsp3) is 0.318. The second-order valence-corrected chi connectivity index (χ2v) is 9.22. The predicted octanol–water partition coefficient (Wildman–Crippen LogP) is 4.64. The van der Waals surface area contributed by atoms with Crippen molar-refractivity contribution < 1.29 is 9.59 Å². The third-order valence-corrected chi connectivity index (χ3v) is 7.02. The number of anilines is 1. The molecule has 0 bridgehead atoms. The highest BCUT2D eigenvalue weighted by molar-refractivity contribution is 8.00. The summed E-state index contributed by atoms with van der Waals surface area (Å²) in [6.07, 6.45) is 1.94. The maximum Gasteiger partial charge on any atom is 0.234 e. The molecule has 0 saturated carbocycles. The standard InChI is InChI=1S/C22H23N3O2S2/c1-15-8-10-16(11-9-15)23-20(26)13-28-14-21(27)25-12-4-6-18(25)22-24-17-5-2-3-7-19(17)29-22/h2-3,5,7-11,18H,4,6,12-14H2,1H3,(H,23,26). The van der Waals surface area contributed by atoms with Crippen molar-refractivity contribution in [2.24, 2.45) is 0 Å². The molecule has 150 valence electrons. The number of benzene rings is 2. The van der Waals surface area contributed by atoms with Gasteiger partial charge in [0, 0.05) is 12.2 Å². The number of hydrogen-bond acceptors (Lipinski definition) is 5. The highest BCUT2D eigenvalue weighted by atomic mass is 32.2. The number of thioether (sulfide) groups is 1. The summed E-state index contributed by atoms with van der Waals surface area (Å²) in [5, 5.41) is 3.88. The van der Waals surface area contributed by atoms with Crippen molar-refractivity contribution >= 4 is 50.8 Å². The second kappa shape index (κ2) is 8.97. The number of hydrogen-bond donors (Lipinski definition) is 1. The van der Waals surface area contributed by atoms with Gasteiger partial charge >= 0.3 is 0 Å². The van der Waals surface area contributed by atoms with E-state index in [2.05, 4.69) is 11.4 Å². The van der Waals surface area contributed by atoms with Gasteiger partial charge in [0.1, 0.15) is 5.01 Å². The monoisotopic (exact) mass is 425 g/mol. The van der Waals surface area contributed by atoms with Crippen LogP contribution in [0, 0.1) is 6.92 Å². The molecule has 2 amide bonds. The minimum atomic E-state index is -0.0872. The molecule has 1 aliphatic rings. The Kier molecular flexibility index (Phi) is 6.16. The van der Waals surface area contributed by atoms with Crippen LogP contribution < -0.4 is 5.32 Å². The van der Waals surface area contributed by atoms with E-state index in [0.717, 1.165) is 45.9 Å². The predicted molar refractivity (Wildman–Crippen MR) is 120 cm³/mol. The Morgan fingerprint density at radius 1 is 1.17 bits per heavy atom. The van der Waals surface area contributed by atoms with Gasteiger partial charge < -0.3 is 10.2 Å². The number of nitrogens with zero attached hydrogens (tertiary/aromatic N) is 2. The lowest BCUT2D eigenvalue weighted by molar-refractivity contribution is -0.129. The molecule has 7 heteroatoms. The fourth-order valence-corrected chi connectivity index (χ4v) is 5.32. The van der Waals surface area contributed by atoms with Crippen molar-refractivity contribution in [2.45, 2.75) is 25.8 Å². The highest BCUT2D eigenvalue weighted by Gasteiger charge is 2.32. The second-order valence-electron chi connectivity index (χ2n) is 7.17. The smallest absolute Gasteiger partial charge is 0.234 e. The van der Waals surface area contributed by atoms with E-state index in [9.17, 15) is 9.59 Å². The lowest BCUT2D eigenvalue weighted by Gasteiger charge is -2.22. The van der Waals surface area contributed by atoms with E-state index in [1.54, 1.807) is 11.3 Å². The van der Waals surface area contributed by atoms with Gasteiger partial charge in [-0.2, -0.15) is 0 Å². The summed E-state index contributed by atoms with van der Waals surface area (Å²) in [6, 6.07) is 15.8. The van der Waals surface area contributed by atoms with Gasteiger partial charge in [-0.1, -0.05) is 29.8 Å². The zero-order valence-corrected chi connectivity index (χ0v) is 17.9. The van der Waals surface area contributed by atoms with E-state index >= 15 is 0 Å². The van der Waals surface area contributed by atoms with Crippen LogP contribution in [0.25, 0.3) is 10.2 Å². The number of aromatic nitrogens is 1. The Labute approximate surface area is 178 Å². The molecule has 4 rings (SSSR count). The molecule has 3 aromatic rings. The van der Waals surface area contributed by atoms with Gasteiger partial charge in [0.2, 0.25) is 11.8 Å². The maximum absolute atomic E-state index is 12.8. The number of rotatable bonds is 6. The first kappa shape index (κ1) is 19.9. The molecule has 29 heavy (non-hydrogen) atoms. The molecule has 0 radical (unpaired) electrons. The number of thiazole rings is 1. The number of para-hydroxylation sites is 1. The van der Waals surface area contributed by atoms with Crippen molar-refractivity contribution in [3.63, 3.8) is 0 Å². The van der Waals surface area contributed by atoms with Crippen LogP contribution in [-0.4, -0.2) is 39.7 Å². The highest BCUT2D eigenvalue weighted by Crippen LogP contribution is 2.36. The SMILES string of the molecule is Cc1ccc(NC(=O)CSCC(=O)N2CCCC2c2nc3ccccc3s2)cc1. The van der Waals surface area contributed by atoms with Crippen LogP contribution >= 0.6 is 23.1 Å². The number of carbonyl (C=O) groups is 2. The van der Waals surface area contributed by atoms with Crippen LogP contribution in [0.3, 0.4) is 0 Å². The number of carbonyl (C=O) groups excluding carboxylic acids is 2.